The highest BCUT2D eigenvalue weighted by atomic mass is 16.3. The summed E-state index contributed by atoms with van der Waals surface area (Å²) in [5.74, 6) is 1.46. The van der Waals surface area contributed by atoms with Gasteiger partial charge >= 0.3 is 0 Å². The van der Waals surface area contributed by atoms with Crippen LogP contribution in [0.1, 0.15) is 0 Å². The molecular weight excluding hydrogens is 264 g/mol. The molecule has 0 spiro atoms. The van der Waals surface area contributed by atoms with Crippen LogP contribution in [0.2, 0.25) is 0 Å². The molecule has 0 amide bonds. The molecular formula is C16H16N4O. The van der Waals surface area contributed by atoms with Crippen molar-refractivity contribution < 1.29 is 5.11 Å². The monoisotopic (exact) mass is 280 g/mol. The van der Waals surface area contributed by atoms with E-state index >= 15 is 0 Å². The van der Waals surface area contributed by atoms with E-state index in [0.29, 0.717) is 11.6 Å². The van der Waals surface area contributed by atoms with Crippen LogP contribution in [-0.2, 0) is 0 Å². The lowest BCUT2D eigenvalue weighted by Crippen LogP contribution is -2.13. The van der Waals surface area contributed by atoms with Gasteiger partial charge in [-0.25, -0.2) is 4.98 Å². The molecule has 21 heavy (non-hydrogen) atoms. The molecule has 0 bridgehead atoms. The summed E-state index contributed by atoms with van der Waals surface area (Å²) < 4.78 is 0. The third-order valence-electron chi connectivity index (χ3n) is 3.16. The van der Waals surface area contributed by atoms with E-state index in [1.807, 2.05) is 49.3 Å². The Morgan fingerprint density at radius 1 is 0.952 bits per heavy atom. The Kier molecular flexibility index (Phi) is 3.31. The highest BCUT2D eigenvalue weighted by Crippen LogP contribution is 2.28. The van der Waals surface area contributed by atoms with Crippen molar-refractivity contribution in [3.63, 3.8) is 0 Å². The Bertz CT molecular complexity index is 786. The lowest BCUT2D eigenvalue weighted by atomic mass is 10.2. The van der Waals surface area contributed by atoms with Crippen molar-refractivity contribution in [2.75, 3.05) is 24.3 Å². The molecule has 0 aliphatic heterocycles. The SMILES string of the molecule is CN(C)c1nc(Nc2ccccc2O)nc2ccccc12. The van der Waals surface area contributed by atoms with Gasteiger partial charge in [-0.2, -0.15) is 4.98 Å². The normalized spacial score (nSPS) is 10.6. The third kappa shape index (κ3) is 2.58. The maximum absolute atomic E-state index is 9.84. The van der Waals surface area contributed by atoms with E-state index in [9.17, 15) is 5.11 Å². The maximum Gasteiger partial charge on any atom is 0.229 e. The molecule has 2 aromatic carbocycles. The lowest BCUT2D eigenvalue weighted by Gasteiger charge is -2.16. The molecule has 0 aliphatic rings. The number of para-hydroxylation sites is 3. The first-order valence-electron chi connectivity index (χ1n) is 6.64. The zero-order valence-corrected chi connectivity index (χ0v) is 11.9. The van der Waals surface area contributed by atoms with Gasteiger partial charge in [-0.1, -0.05) is 24.3 Å². The number of benzene rings is 2. The molecule has 5 heteroatoms. The van der Waals surface area contributed by atoms with Crippen LogP contribution in [0.3, 0.4) is 0 Å². The van der Waals surface area contributed by atoms with Gasteiger partial charge in [0.25, 0.3) is 0 Å². The zero-order chi connectivity index (χ0) is 14.8. The number of phenolic OH excluding ortho intramolecular Hbond substituents is 1. The van der Waals surface area contributed by atoms with Crippen LogP contribution < -0.4 is 10.2 Å². The Morgan fingerprint density at radius 2 is 1.67 bits per heavy atom. The Hall–Kier alpha value is -2.82. The van der Waals surface area contributed by atoms with Gasteiger partial charge in [0.2, 0.25) is 5.95 Å². The average molecular weight is 280 g/mol. The predicted octanol–water partition coefficient (Wildman–Crippen LogP) is 3.15. The van der Waals surface area contributed by atoms with Crippen LogP contribution in [0.25, 0.3) is 10.9 Å². The molecule has 0 aliphatic carbocycles. The fourth-order valence-corrected chi connectivity index (χ4v) is 2.16. The van der Waals surface area contributed by atoms with Crippen LogP contribution in [0.15, 0.2) is 48.5 Å². The van der Waals surface area contributed by atoms with Crippen molar-refractivity contribution in [3.8, 4) is 5.75 Å². The fourth-order valence-electron chi connectivity index (χ4n) is 2.16. The highest BCUT2D eigenvalue weighted by molar-refractivity contribution is 5.90. The summed E-state index contributed by atoms with van der Waals surface area (Å²) in [5.41, 5.74) is 1.44. The zero-order valence-electron chi connectivity index (χ0n) is 11.9. The molecule has 2 N–H and O–H groups in total. The number of rotatable bonds is 3. The van der Waals surface area contributed by atoms with Gasteiger partial charge in [0.05, 0.1) is 11.2 Å². The molecule has 0 fully saturated rings. The fraction of sp³-hybridized carbons (Fsp3) is 0.125. The van der Waals surface area contributed by atoms with Crippen molar-refractivity contribution in [3.05, 3.63) is 48.5 Å². The lowest BCUT2D eigenvalue weighted by molar-refractivity contribution is 0.477. The molecule has 1 heterocycles. The van der Waals surface area contributed by atoms with Gasteiger partial charge in [0.1, 0.15) is 11.6 Å². The average Bonchev–Trinajstić information content (AvgIpc) is 2.48. The number of anilines is 3. The summed E-state index contributed by atoms with van der Waals surface area (Å²) in [6, 6.07) is 14.9. The number of hydrogen-bond acceptors (Lipinski definition) is 5. The minimum absolute atomic E-state index is 0.167. The minimum atomic E-state index is 0.167. The number of nitrogens with zero attached hydrogens (tertiary/aromatic N) is 3. The van der Waals surface area contributed by atoms with Crippen molar-refractivity contribution in [1.29, 1.82) is 0 Å². The standard InChI is InChI=1S/C16H16N4O/c1-20(2)15-11-7-3-4-8-12(11)17-16(19-15)18-13-9-5-6-10-14(13)21/h3-10,21H,1-2H3,(H,17,18,19). The molecule has 5 nitrogen and oxygen atoms in total. The van der Waals surface area contributed by atoms with Crippen molar-refractivity contribution in [1.82, 2.24) is 9.97 Å². The van der Waals surface area contributed by atoms with Crippen LogP contribution >= 0.6 is 0 Å². The van der Waals surface area contributed by atoms with E-state index in [1.54, 1.807) is 18.2 Å². The van der Waals surface area contributed by atoms with Crippen LogP contribution in [0, 0.1) is 0 Å². The number of aromatic hydroxyl groups is 1. The smallest absolute Gasteiger partial charge is 0.229 e. The van der Waals surface area contributed by atoms with Gasteiger partial charge in [-0.15, -0.1) is 0 Å². The van der Waals surface area contributed by atoms with Crippen LogP contribution in [0.5, 0.6) is 5.75 Å². The molecule has 106 valence electrons. The second-order valence-electron chi connectivity index (χ2n) is 4.92. The summed E-state index contributed by atoms with van der Waals surface area (Å²) in [6.45, 7) is 0. The molecule has 0 radical (unpaired) electrons. The first kappa shape index (κ1) is 13.2. The van der Waals surface area contributed by atoms with Crippen LogP contribution in [-0.4, -0.2) is 29.2 Å². The number of aromatic nitrogens is 2. The van der Waals surface area contributed by atoms with Crippen molar-refractivity contribution >= 4 is 28.4 Å². The van der Waals surface area contributed by atoms with E-state index in [4.69, 9.17) is 0 Å². The van der Waals surface area contributed by atoms with Gasteiger partial charge in [0, 0.05) is 19.5 Å². The number of hydrogen-bond donors (Lipinski definition) is 2. The first-order valence-corrected chi connectivity index (χ1v) is 6.64. The summed E-state index contributed by atoms with van der Waals surface area (Å²) >= 11 is 0. The van der Waals surface area contributed by atoms with Gasteiger partial charge in [-0.3, -0.25) is 0 Å². The van der Waals surface area contributed by atoms with Gasteiger partial charge in [0.15, 0.2) is 0 Å². The summed E-state index contributed by atoms with van der Waals surface area (Å²) in [7, 11) is 3.89. The topological polar surface area (TPSA) is 61.3 Å². The van der Waals surface area contributed by atoms with E-state index in [0.717, 1.165) is 16.7 Å². The predicted molar refractivity (Wildman–Crippen MR) is 85.3 cm³/mol. The Balaban J connectivity index is 2.09. The summed E-state index contributed by atoms with van der Waals surface area (Å²) in [5, 5.41) is 13.9. The van der Waals surface area contributed by atoms with E-state index < -0.39 is 0 Å². The number of phenols is 1. The second kappa shape index (κ2) is 5.28. The minimum Gasteiger partial charge on any atom is -0.506 e. The molecule has 1 aromatic heterocycles. The van der Waals surface area contributed by atoms with Crippen LogP contribution in [0.4, 0.5) is 17.5 Å². The summed E-state index contributed by atoms with van der Waals surface area (Å²) in [6.07, 6.45) is 0. The molecule has 0 atom stereocenters. The quantitative estimate of drug-likeness (QED) is 0.722. The van der Waals surface area contributed by atoms with Gasteiger partial charge < -0.3 is 15.3 Å². The molecule has 0 unspecified atom stereocenters. The largest absolute Gasteiger partial charge is 0.506 e. The molecule has 0 saturated heterocycles. The van der Waals surface area contributed by atoms with E-state index in [-0.39, 0.29) is 5.75 Å². The third-order valence-corrected chi connectivity index (χ3v) is 3.16. The van der Waals surface area contributed by atoms with Crippen molar-refractivity contribution in [2.45, 2.75) is 0 Å². The molecule has 3 rings (SSSR count). The van der Waals surface area contributed by atoms with E-state index in [1.165, 1.54) is 0 Å². The Morgan fingerprint density at radius 3 is 2.43 bits per heavy atom. The second-order valence-corrected chi connectivity index (χ2v) is 4.92. The number of fused-ring (bicyclic) bond motifs is 1. The summed E-state index contributed by atoms with van der Waals surface area (Å²) in [4.78, 5) is 11.0. The Labute approximate surface area is 122 Å². The molecule has 0 saturated carbocycles. The number of nitrogens with one attached hydrogen (secondary N) is 1. The maximum atomic E-state index is 9.84. The van der Waals surface area contributed by atoms with E-state index in [2.05, 4.69) is 15.3 Å². The highest BCUT2D eigenvalue weighted by Gasteiger charge is 2.10. The van der Waals surface area contributed by atoms with Crippen molar-refractivity contribution in [2.24, 2.45) is 0 Å². The molecule has 3 aromatic rings. The van der Waals surface area contributed by atoms with Gasteiger partial charge in [-0.05, 0) is 24.3 Å². The first-order chi connectivity index (χ1) is 10.1.